The number of ether oxygens (including phenoxy) is 1. The Morgan fingerprint density at radius 2 is 1.74 bits per heavy atom. The Bertz CT molecular complexity index is 752. The van der Waals surface area contributed by atoms with Crippen LogP contribution in [0.3, 0.4) is 0 Å². The van der Waals surface area contributed by atoms with E-state index in [-0.39, 0.29) is 0 Å². The van der Waals surface area contributed by atoms with Gasteiger partial charge in [0.2, 0.25) is 0 Å². The molecular formula is C19H21N3O. The van der Waals surface area contributed by atoms with Gasteiger partial charge in [-0.05, 0) is 24.7 Å². The van der Waals surface area contributed by atoms with E-state index in [1.165, 1.54) is 5.56 Å². The Hall–Kier alpha value is -2.59. The zero-order valence-corrected chi connectivity index (χ0v) is 13.5. The largest absolute Gasteiger partial charge is 0.496 e. The molecule has 2 aromatic carbocycles. The highest BCUT2D eigenvalue weighted by molar-refractivity contribution is 5.64. The van der Waals surface area contributed by atoms with Crippen LogP contribution in [0.25, 0.3) is 11.4 Å². The summed E-state index contributed by atoms with van der Waals surface area (Å²) in [4.78, 5) is 10.1. The molecule has 0 aliphatic heterocycles. The summed E-state index contributed by atoms with van der Waals surface area (Å²) in [5.74, 6) is 1.66. The molecule has 1 aromatic heterocycles. The van der Waals surface area contributed by atoms with E-state index < -0.39 is 0 Å². The first-order valence-corrected chi connectivity index (χ1v) is 7.66. The molecular weight excluding hydrogens is 286 g/mol. The van der Waals surface area contributed by atoms with Gasteiger partial charge in [0.25, 0.3) is 0 Å². The first kappa shape index (κ1) is 15.3. The first-order valence-electron chi connectivity index (χ1n) is 7.66. The molecule has 1 heterocycles. The fourth-order valence-electron chi connectivity index (χ4n) is 2.66. The number of nitrogens with zero attached hydrogens (tertiary/aromatic N) is 2. The van der Waals surface area contributed by atoms with Crippen LogP contribution < -0.4 is 4.74 Å². The van der Waals surface area contributed by atoms with Gasteiger partial charge in [0, 0.05) is 25.0 Å². The van der Waals surface area contributed by atoms with Crippen molar-refractivity contribution in [2.45, 2.75) is 13.1 Å². The molecule has 23 heavy (non-hydrogen) atoms. The molecule has 0 saturated heterocycles. The van der Waals surface area contributed by atoms with Crippen LogP contribution >= 0.6 is 0 Å². The summed E-state index contributed by atoms with van der Waals surface area (Å²) in [6.45, 7) is 1.72. The molecule has 4 nitrogen and oxygen atoms in total. The van der Waals surface area contributed by atoms with Gasteiger partial charge in [0.05, 0.1) is 12.7 Å². The molecule has 3 rings (SSSR count). The third-order valence-corrected chi connectivity index (χ3v) is 3.73. The van der Waals surface area contributed by atoms with E-state index in [0.29, 0.717) is 0 Å². The van der Waals surface area contributed by atoms with Gasteiger partial charge in [-0.1, -0.05) is 42.5 Å². The van der Waals surface area contributed by atoms with Crippen LogP contribution in [0.2, 0.25) is 0 Å². The highest BCUT2D eigenvalue weighted by Crippen LogP contribution is 2.27. The minimum atomic E-state index is 0.817. The van der Waals surface area contributed by atoms with Gasteiger partial charge < -0.3 is 9.72 Å². The summed E-state index contributed by atoms with van der Waals surface area (Å²) in [6.07, 6.45) is 1.89. The number of hydrogen-bond acceptors (Lipinski definition) is 3. The SMILES string of the molecule is COc1ccccc1-c1ncc(CN(C)Cc2ccccc2)[nH]1. The Morgan fingerprint density at radius 1 is 1.00 bits per heavy atom. The van der Waals surface area contributed by atoms with Gasteiger partial charge in [0.15, 0.2) is 0 Å². The van der Waals surface area contributed by atoms with Crippen molar-refractivity contribution in [2.75, 3.05) is 14.2 Å². The molecule has 1 N–H and O–H groups in total. The second kappa shape index (κ2) is 7.11. The third-order valence-electron chi connectivity index (χ3n) is 3.73. The molecule has 4 heteroatoms. The van der Waals surface area contributed by atoms with Crippen molar-refractivity contribution in [3.8, 4) is 17.1 Å². The Kier molecular flexibility index (Phi) is 4.74. The van der Waals surface area contributed by atoms with Gasteiger partial charge in [-0.15, -0.1) is 0 Å². The highest BCUT2D eigenvalue weighted by atomic mass is 16.5. The summed E-state index contributed by atoms with van der Waals surface area (Å²) in [5, 5.41) is 0. The lowest BCUT2D eigenvalue weighted by atomic mass is 10.2. The van der Waals surface area contributed by atoms with Crippen molar-refractivity contribution in [3.63, 3.8) is 0 Å². The Morgan fingerprint density at radius 3 is 2.52 bits per heavy atom. The number of rotatable bonds is 6. The minimum absolute atomic E-state index is 0.817. The number of para-hydroxylation sites is 1. The lowest BCUT2D eigenvalue weighted by Crippen LogP contribution is -2.17. The van der Waals surface area contributed by atoms with Crippen molar-refractivity contribution in [2.24, 2.45) is 0 Å². The smallest absolute Gasteiger partial charge is 0.141 e. The average molecular weight is 307 g/mol. The van der Waals surface area contributed by atoms with E-state index in [1.807, 2.05) is 36.5 Å². The van der Waals surface area contributed by atoms with E-state index in [4.69, 9.17) is 4.74 Å². The Balaban J connectivity index is 1.70. The van der Waals surface area contributed by atoms with Crippen molar-refractivity contribution in [3.05, 3.63) is 72.1 Å². The number of aromatic amines is 1. The summed E-state index contributed by atoms with van der Waals surface area (Å²) < 4.78 is 5.40. The molecule has 118 valence electrons. The predicted octanol–water partition coefficient (Wildman–Crippen LogP) is 3.72. The molecule has 0 radical (unpaired) electrons. The maximum absolute atomic E-state index is 5.40. The molecule has 0 spiro atoms. The summed E-state index contributed by atoms with van der Waals surface area (Å²) in [7, 11) is 3.78. The number of imidazole rings is 1. The van der Waals surface area contributed by atoms with Crippen LogP contribution in [0.15, 0.2) is 60.8 Å². The van der Waals surface area contributed by atoms with Gasteiger partial charge in [0.1, 0.15) is 11.6 Å². The lowest BCUT2D eigenvalue weighted by molar-refractivity contribution is 0.315. The topological polar surface area (TPSA) is 41.1 Å². The standard InChI is InChI=1S/C19H21N3O/c1-22(13-15-8-4-3-5-9-15)14-16-12-20-19(21-16)17-10-6-7-11-18(17)23-2/h3-12H,13-14H2,1-2H3,(H,20,21). The van der Waals surface area contributed by atoms with Gasteiger partial charge >= 0.3 is 0 Å². The molecule has 0 aliphatic carbocycles. The average Bonchev–Trinajstić information content (AvgIpc) is 3.03. The van der Waals surface area contributed by atoms with Crippen LogP contribution in [0.5, 0.6) is 5.75 Å². The molecule has 0 unspecified atom stereocenters. The molecule has 0 atom stereocenters. The zero-order chi connectivity index (χ0) is 16.1. The molecule has 0 bridgehead atoms. The normalized spacial score (nSPS) is 10.9. The molecule has 0 amide bonds. The van der Waals surface area contributed by atoms with E-state index in [1.54, 1.807) is 7.11 Å². The number of hydrogen-bond donors (Lipinski definition) is 1. The highest BCUT2D eigenvalue weighted by Gasteiger charge is 2.10. The molecule has 0 saturated carbocycles. The van der Waals surface area contributed by atoms with E-state index in [9.17, 15) is 0 Å². The van der Waals surface area contributed by atoms with Crippen molar-refractivity contribution in [1.29, 1.82) is 0 Å². The van der Waals surface area contributed by atoms with Crippen molar-refractivity contribution >= 4 is 0 Å². The maximum Gasteiger partial charge on any atom is 0.141 e. The lowest BCUT2D eigenvalue weighted by Gasteiger charge is -2.15. The summed E-state index contributed by atoms with van der Waals surface area (Å²) in [6, 6.07) is 18.4. The summed E-state index contributed by atoms with van der Waals surface area (Å²) in [5.41, 5.74) is 3.37. The van der Waals surface area contributed by atoms with E-state index in [2.05, 4.69) is 46.2 Å². The fraction of sp³-hybridized carbons (Fsp3) is 0.211. The minimum Gasteiger partial charge on any atom is -0.496 e. The number of benzene rings is 2. The monoisotopic (exact) mass is 307 g/mol. The molecule has 0 aliphatic rings. The van der Waals surface area contributed by atoms with Gasteiger partial charge in [-0.2, -0.15) is 0 Å². The molecule has 0 fully saturated rings. The fourth-order valence-corrected chi connectivity index (χ4v) is 2.66. The summed E-state index contributed by atoms with van der Waals surface area (Å²) >= 11 is 0. The van der Waals surface area contributed by atoms with E-state index >= 15 is 0 Å². The number of H-pyrrole nitrogens is 1. The van der Waals surface area contributed by atoms with Crippen LogP contribution in [0.4, 0.5) is 0 Å². The van der Waals surface area contributed by atoms with Gasteiger partial charge in [-0.3, -0.25) is 4.90 Å². The van der Waals surface area contributed by atoms with Crippen LogP contribution in [-0.2, 0) is 13.1 Å². The van der Waals surface area contributed by atoms with Crippen molar-refractivity contribution in [1.82, 2.24) is 14.9 Å². The first-order chi connectivity index (χ1) is 11.3. The number of methoxy groups -OCH3 is 1. The third kappa shape index (κ3) is 3.79. The number of aromatic nitrogens is 2. The zero-order valence-electron chi connectivity index (χ0n) is 13.5. The Labute approximate surface area is 136 Å². The van der Waals surface area contributed by atoms with Crippen LogP contribution in [0, 0.1) is 0 Å². The van der Waals surface area contributed by atoms with Crippen LogP contribution in [-0.4, -0.2) is 29.0 Å². The van der Waals surface area contributed by atoms with E-state index in [0.717, 1.165) is 35.9 Å². The quantitative estimate of drug-likeness (QED) is 0.754. The second-order valence-corrected chi connectivity index (χ2v) is 5.62. The second-order valence-electron chi connectivity index (χ2n) is 5.62. The van der Waals surface area contributed by atoms with Crippen LogP contribution in [0.1, 0.15) is 11.3 Å². The van der Waals surface area contributed by atoms with Gasteiger partial charge in [-0.25, -0.2) is 4.98 Å². The van der Waals surface area contributed by atoms with Crippen molar-refractivity contribution < 1.29 is 4.74 Å². The number of nitrogens with one attached hydrogen (secondary N) is 1. The predicted molar refractivity (Wildman–Crippen MR) is 92.2 cm³/mol. The molecule has 3 aromatic rings. The maximum atomic E-state index is 5.40.